The first-order chi connectivity index (χ1) is 8.81. The van der Waals surface area contributed by atoms with Crippen LogP contribution in [0.4, 0.5) is 4.39 Å². The molecule has 0 spiro atoms. The Kier molecular flexibility index (Phi) is 4.82. The summed E-state index contributed by atoms with van der Waals surface area (Å²) in [4.78, 5) is 32.9. The maximum atomic E-state index is 12.9. The smallest absolute Gasteiger partial charge is 0.326 e. The lowest BCUT2D eigenvalue weighted by Crippen LogP contribution is -2.42. The number of hydrogen-bond donors (Lipinski definition) is 3. The fourth-order valence-electron chi connectivity index (χ4n) is 1.25. The third kappa shape index (κ3) is 4.22. The molecule has 1 amide bonds. The summed E-state index contributed by atoms with van der Waals surface area (Å²) >= 11 is 5.48. The molecule has 1 atom stereocenters. The maximum Gasteiger partial charge on any atom is 0.326 e. The fourth-order valence-corrected chi connectivity index (χ4v) is 1.43. The summed E-state index contributed by atoms with van der Waals surface area (Å²) in [5.41, 5.74) is -0.0666. The van der Waals surface area contributed by atoms with Gasteiger partial charge in [-0.2, -0.15) is 0 Å². The highest BCUT2D eigenvalue weighted by molar-refractivity contribution is 6.31. The van der Waals surface area contributed by atoms with Gasteiger partial charge in [-0.3, -0.25) is 9.59 Å². The number of halogens is 2. The second-order valence-corrected chi connectivity index (χ2v) is 4.00. The van der Waals surface area contributed by atoms with E-state index in [1.54, 1.807) is 0 Å². The fraction of sp³-hybridized carbons (Fsp3) is 0.182. The number of carbonyl (C=O) groups excluding carboxylic acids is 1. The molecule has 1 rings (SSSR count). The lowest BCUT2D eigenvalue weighted by atomic mass is 10.1. The minimum absolute atomic E-state index is 0.0666. The van der Waals surface area contributed by atoms with Crippen LogP contribution in [0, 0.1) is 5.82 Å². The number of rotatable bonds is 5. The molecule has 0 bridgehead atoms. The minimum atomic E-state index is -1.58. The molecular weight excluding hydrogens is 281 g/mol. The Labute approximate surface area is 111 Å². The number of nitrogens with one attached hydrogen (secondary N) is 1. The van der Waals surface area contributed by atoms with E-state index in [1.165, 1.54) is 0 Å². The minimum Gasteiger partial charge on any atom is -0.481 e. The second kappa shape index (κ2) is 6.14. The van der Waals surface area contributed by atoms with Crippen molar-refractivity contribution in [2.75, 3.05) is 0 Å². The van der Waals surface area contributed by atoms with E-state index in [9.17, 15) is 18.8 Å². The van der Waals surface area contributed by atoms with Crippen LogP contribution in [0.5, 0.6) is 0 Å². The van der Waals surface area contributed by atoms with Gasteiger partial charge in [0.15, 0.2) is 0 Å². The molecule has 6 nitrogen and oxygen atoms in total. The van der Waals surface area contributed by atoms with Crippen molar-refractivity contribution in [3.05, 3.63) is 34.6 Å². The SMILES string of the molecule is O=C(O)C[C@H](NC(=O)c1ccc(F)c(Cl)c1)C(=O)O. The summed E-state index contributed by atoms with van der Waals surface area (Å²) in [5.74, 6) is -4.43. The first kappa shape index (κ1) is 14.9. The van der Waals surface area contributed by atoms with Crippen molar-refractivity contribution in [2.24, 2.45) is 0 Å². The molecule has 102 valence electrons. The Morgan fingerprint density at radius 3 is 2.42 bits per heavy atom. The van der Waals surface area contributed by atoms with Gasteiger partial charge in [0.2, 0.25) is 0 Å². The zero-order chi connectivity index (χ0) is 14.6. The van der Waals surface area contributed by atoms with Gasteiger partial charge in [0.1, 0.15) is 11.9 Å². The molecule has 3 N–H and O–H groups in total. The van der Waals surface area contributed by atoms with Crippen molar-refractivity contribution < 1.29 is 29.0 Å². The van der Waals surface area contributed by atoms with E-state index in [0.717, 1.165) is 18.2 Å². The summed E-state index contributed by atoms with van der Waals surface area (Å²) in [6.07, 6.45) is -0.768. The van der Waals surface area contributed by atoms with Crippen molar-refractivity contribution in [1.29, 1.82) is 0 Å². The van der Waals surface area contributed by atoms with Crippen LogP contribution < -0.4 is 5.32 Å². The first-order valence-electron chi connectivity index (χ1n) is 5.01. The lowest BCUT2D eigenvalue weighted by Gasteiger charge is -2.12. The quantitative estimate of drug-likeness (QED) is 0.754. The lowest BCUT2D eigenvalue weighted by molar-refractivity contribution is -0.145. The Morgan fingerprint density at radius 2 is 1.95 bits per heavy atom. The molecule has 1 aromatic carbocycles. The molecule has 0 aliphatic rings. The van der Waals surface area contributed by atoms with E-state index in [-0.39, 0.29) is 10.6 Å². The van der Waals surface area contributed by atoms with Crippen LogP contribution in [0.15, 0.2) is 18.2 Å². The maximum absolute atomic E-state index is 12.9. The van der Waals surface area contributed by atoms with Gasteiger partial charge in [-0.25, -0.2) is 9.18 Å². The molecule has 0 aliphatic heterocycles. The van der Waals surface area contributed by atoms with Gasteiger partial charge in [0.25, 0.3) is 5.91 Å². The number of aliphatic carboxylic acids is 2. The number of carboxylic acids is 2. The molecule has 0 radical (unpaired) electrons. The molecule has 19 heavy (non-hydrogen) atoms. The average molecular weight is 290 g/mol. The molecule has 0 heterocycles. The van der Waals surface area contributed by atoms with Crippen LogP contribution >= 0.6 is 11.6 Å². The second-order valence-electron chi connectivity index (χ2n) is 3.59. The Morgan fingerprint density at radius 1 is 1.32 bits per heavy atom. The van der Waals surface area contributed by atoms with Crippen LogP contribution in [-0.2, 0) is 9.59 Å². The predicted octanol–water partition coefficient (Wildman–Crippen LogP) is 1.14. The van der Waals surface area contributed by atoms with Gasteiger partial charge in [-0.05, 0) is 18.2 Å². The van der Waals surface area contributed by atoms with Gasteiger partial charge < -0.3 is 15.5 Å². The third-order valence-electron chi connectivity index (χ3n) is 2.16. The van der Waals surface area contributed by atoms with Gasteiger partial charge in [0, 0.05) is 5.56 Å². The van der Waals surface area contributed by atoms with Crippen molar-refractivity contribution in [1.82, 2.24) is 5.32 Å². The van der Waals surface area contributed by atoms with E-state index in [2.05, 4.69) is 0 Å². The highest BCUT2D eigenvalue weighted by atomic mass is 35.5. The molecular formula is C11H9ClFNO5. The van der Waals surface area contributed by atoms with E-state index in [4.69, 9.17) is 21.8 Å². The summed E-state index contributed by atoms with van der Waals surface area (Å²) in [5, 5.41) is 19.0. The molecule has 1 aromatic rings. The van der Waals surface area contributed by atoms with Crippen LogP contribution in [0.1, 0.15) is 16.8 Å². The number of carbonyl (C=O) groups is 3. The number of carboxylic acid groups (broad SMARTS) is 2. The monoisotopic (exact) mass is 289 g/mol. The first-order valence-corrected chi connectivity index (χ1v) is 5.39. The van der Waals surface area contributed by atoms with Gasteiger partial charge in [-0.15, -0.1) is 0 Å². The Hall–Kier alpha value is -2.15. The molecule has 0 saturated heterocycles. The van der Waals surface area contributed by atoms with E-state index in [1.807, 2.05) is 5.32 Å². The van der Waals surface area contributed by atoms with Gasteiger partial charge in [0.05, 0.1) is 11.4 Å². The van der Waals surface area contributed by atoms with Crippen molar-refractivity contribution in [2.45, 2.75) is 12.5 Å². The zero-order valence-electron chi connectivity index (χ0n) is 9.39. The summed E-state index contributed by atoms with van der Waals surface area (Å²) in [6, 6.07) is 1.50. The summed E-state index contributed by atoms with van der Waals surface area (Å²) in [7, 11) is 0. The van der Waals surface area contributed by atoms with E-state index in [0.29, 0.717) is 0 Å². The molecule has 0 aliphatic carbocycles. The van der Waals surface area contributed by atoms with Gasteiger partial charge >= 0.3 is 11.9 Å². The Balaban J connectivity index is 2.84. The largest absolute Gasteiger partial charge is 0.481 e. The number of amides is 1. The van der Waals surface area contributed by atoms with Crippen LogP contribution in [0.25, 0.3) is 0 Å². The van der Waals surface area contributed by atoms with Crippen LogP contribution in [-0.4, -0.2) is 34.1 Å². The summed E-state index contributed by atoms with van der Waals surface area (Å²) in [6.45, 7) is 0. The molecule has 0 fully saturated rings. The van der Waals surface area contributed by atoms with Crippen molar-refractivity contribution in [3.63, 3.8) is 0 Å². The molecule has 0 aromatic heterocycles. The van der Waals surface area contributed by atoms with Crippen LogP contribution in [0.3, 0.4) is 0 Å². The van der Waals surface area contributed by atoms with Gasteiger partial charge in [-0.1, -0.05) is 11.6 Å². The normalized spacial score (nSPS) is 11.7. The third-order valence-corrected chi connectivity index (χ3v) is 2.45. The molecule has 8 heteroatoms. The van der Waals surface area contributed by atoms with Crippen LogP contribution in [0.2, 0.25) is 5.02 Å². The predicted molar refractivity (Wildman–Crippen MR) is 62.6 cm³/mol. The van der Waals surface area contributed by atoms with E-state index >= 15 is 0 Å². The number of hydrogen-bond acceptors (Lipinski definition) is 3. The Bertz CT molecular complexity index is 534. The average Bonchev–Trinajstić information content (AvgIpc) is 2.31. The van der Waals surface area contributed by atoms with Crippen molar-refractivity contribution in [3.8, 4) is 0 Å². The standard InChI is InChI=1S/C11H9ClFNO5/c12-6-3-5(1-2-7(6)13)10(17)14-8(11(18)19)4-9(15)16/h1-3,8H,4H2,(H,14,17)(H,15,16)(H,18,19)/t8-/m0/s1. The number of benzene rings is 1. The molecule has 0 unspecified atom stereocenters. The highest BCUT2D eigenvalue weighted by Gasteiger charge is 2.23. The zero-order valence-corrected chi connectivity index (χ0v) is 10.1. The summed E-state index contributed by atoms with van der Waals surface area (Å²) < 4.78 is 12.9. The highest BCUT2D eigenvalue weighted by Crippen LogP contribution is 2.16. The van der Waals surface area contributed by atoms with Crippen molar-refractivity contribution >= 4 is 29.4 Å². The molecule has 0 saturated carbocycles. The topological polar surface area (TPSA) is 104 Å². The van der Waals surface area contributed by atoms with E-state index < -0.39 is 36.1 Å².